The molecule has 142 valence electrons. The highest BCUT2D eigenvalue weighted by Crippen LogP contribution is 2.34. The molecule has 0 atom stereocenters. The number of halogens is 4. The SMILES string of the molecule is CN=C(NCc1ccccn1)NCc1ccc(OC)cc1C(F)(F)F.I. The van der Waals surface area contributed by atoms with Gasteiger partial charge in [-0.15, -0.1) is 24.0 Å². The molecule has 0 aliphatic heterocycles. The zero-order chi connectivity index (χ0) is 18.3. The van der Waals surface area contributed by atoms with E-state index in [9.17, 15) is 13.2 Å². The molecule has 0 aliphatic carbocycles. The number of alkyl halides is 3. The van der Waals surface area contributed by atoms with Crippen molar-refractivity contribution in [3.8, 4) is 5.75 Å². The average molecular weight is 480 g/mol. The first-order chi connectivity index (χ1) is 11.9. The molecule has 0 saturated heterocycles. The quantitative estimate of drug-likeness (QED) is 0.390. The van der Waals surface area contributed by atoms with Crippen LogP contribution in [0.4, 0.5) is 13.2 Å². The van der Waals surface area contributed by atoms with Crippen LogP contribution in [0.2, 0.25) is 0 Å². The van der Waals surface area contributed by atoms with Gasteiger partial charge in [-0.3, -0.25) is 9.98 Å². The van der Waals surface area contributed by atoms with Crippen LogP contribution in [0.15, 0.2) is 47.6 Å². The van der Waals surface area contributed by atoms with E-state index in [1.54, 1.807) is 19.3 Å². The van der Waals surface area contributed by atoms with Gasteiger partial charge in [-0.05, 0) is 29.8 Å². The van der Waals surface area contributed by atoms with Gasteiger partial charge < -0.3 is 15.4 Å². The fraction of sp³-hybridized carbons (Fsp3) is 0.294. The Morgan fingerprint density at radius 1 is 1.15 bits per heavy atom. The summed E-state index contributed by atoms with van der Waals surface area (Å²) in [5.41, 5.74) is 0.166. The summed E-state index contributed by atoms with van der Waals surface area (Å²) in [4.78, 5) is 8.17. The molecule has 1 heterocycles. The van der Waals surface area contributed by atoms with E-state index in [0.29, 0.717) is 12.5 Å². The summed E-state index contributed by atoms with van der Waals surface area (Å²) < 4.78 is 44.5. The summed E-state index contributed by atoms with van der Waals surface area (Å²) in [6.07, 6.45) is -2.80. The van der Waals surface area contributed by atoms with Gasteiger partial charge >= 0.3 is 6.18 Å². The maximum atomic E-state index is 13.2. The fourth-order valence-corrected chi connectivity index (χ4v) is 2.18. The number of guanidine groups is 1. The largest absolute Gasteiger partial charge is 0.497 e. The van der Waals surface area contributed by atoms with E-state index < -0.39 is 11.7 Å². The Kier molecular flexibility index (Phi) is 8.62. The summed E-state index contributed by atoms with van der Waals surface area (Å²) in [5.74, 6) is 0.545. The Hall–Kier alpha value is -2.04. The van der Waals surface area contributed by atoms with Crippen LogP contribution in [-0.4, -0.2) is 25.1 Å². The molecule has 0 saturated carbocycles. The smallest absolute Gasteiger partial charge is 0.416 e. The molecule has 0 amide bonds. The molecule has 0 bridgehead atoms. The molecule has 0 spiro atoms. The van der Waals surface area contributed by atoms with Gasteiger partial charge in [0.1, 0.15) is 5.75 Å². The van der Waals surface area contributed by atoms with Crippen molar-refractivity contribution < 1.29 is 17.9 Å². The van der Waals surface area contributed by atoms with E-state index in [2.05, 4.69) is 20.6 Å². The molecule has 0 aliphatic rings. The second-order valence-corrected chi connectivity index (χ2v) is 5.12. The van der Waals surface area contributed by atoms with Crippen molar-refractivity contribution in [3.63, 3.8) is 0 Å². The third kappa shape index (κ3) is 6.36. The minimum atomic E-state index is -4.46. The molecular formula is C17H20F3IN4O. The van der Waals surface area contributed by atoms with Crippen molar-refractivity contribution in [1.82, 2.24) is 15.6 Å². The Morgan fingerprint density at radius 3 is 2.46 bits per heavy atom. The van der Waals surface area contributed by atoms with E-state index in [1.165, 1.54) is 19.2 Å². The van der Waals surface area contributed by atoms with E-state index in [-0.39, 0.29) is 41.8 Å². The standard InChI is InChI=1S/C17H19F3N4O.HI/c1-21-16(24-11-13-5-3-4-8-22-13)23-10-12-6-7-14(25-2)9-15(12)17(18,19)20;/h3-9H,10-11H2,1-2H3,(H2,21,23,24);1H. The lowest BCUT2D eigenvalue weighted by Crippen LogP contribution is -2.36. The fourth-order valence-electron chi connectivity index (χ4n) is 2.18. The lowest BCUT2D eigenvalue weighted by Gasteiger charge is -2.16. The normalized spacial score (nSPS) is 11.5. The first-order valence-electron chi connectivity index (χ1n) is 7.52. The summed E-state index contributed by atoms with van der Waals surface area (Å²) >= 11 is 0. The van der Waals surface area contributed by atoms with Crippen LogP contribution in [0.25, 0.3) is 0 Å². The number of rotatable bonds is 5. The van der Waals surface area contributed by atoms with E-state index in [1.807, 2.05) is 12.1 Å². The lowest BCUT2D eigenvalue weighted by molar-refractivity contribution is -0.138. The summed E-state index contributed by atoms with van der Waals surface area (Å²) in [6, 6.07) is 9.37. The minimum Gasteiger partial charge on any atom is -0.497 e. The average Bonchev–Trinajstić information content (AvgIpc) is 2.62. The Balaban J connectivity index is 0.00000338. The highest BCUT2D eigenvalue weighted by molar-refractivity contribution is 14.0. The van der Waals surface area contributed by atoms with Crippen LogP contribution in [0.3, 0.4) is 0 Å². The molecule has 2 rings (SSSR count). The number of aliphatic imine (C=N–C) groups is 1. The highest BCUT2D eigenvalue weighted by atomic mass is 127. The number of aromatic nitrogens is 1. The van der Waals surface area contributed by atoms with Crippen LogP contribution in [0, 0.1) is 0 Å². The third-order valence-electron chi connectivity index (χ3n) is 3.46. The van der Waals surface area contributed by atoms with Crippen LogP contribution < -0.4 is 15.4 Å². The molecule has 0 radical (unpaired) electrons. The van der Waals surface area contributed by atoms with Crippen molar-refractivity contribution >= 4 is 29.9 Å². The van der Waals surface area contributed by atoms with Crippen LogP contribution in [-0.2, 0) is 19.3 Å². The number of nitrogens with one attached hydrogen (secondary N) is 2. The van der Waals surface area contributed by atoms with Crippen molar-refractivity contribution in [1.29, 1.82) is 0 Å². The maximum Gasteiger partial charge on any atom is 0.416 e. The van der Waals surface area contributed by atoms with Crippen LogP contribution in [0.1, 0.15) is 16.8 Å². The first-order valence-corrected chi connectivity index (χ1v) is 7.52. The zero-order valence-electron chi connectivity index (χ0n) is 14.3. The minimum absolute atomic E-state index is 0. The second-order valence-electron chi connectivity index (χ2n) is 5.12. The number of hydrogen-bond acceptors (Lipinski definition) is 3. The second kappa shape index (κ2) is 10.2. The maximum absolute atomic E-state index is 13.2. The Labute approximate surface area is 167 Å². The number of pyridine rings is 1. The van der Waals surface area contributed by atoms with Gasteiger partial charge in [-0.2, -0.15) is 13.2 Å². The summed E-state index contributed by atoms with van der Waals surface area (Å²) in [5, 5.41) is 5.88. The topological polar surface area (TPSA) is 58.5 Å². The van der Waals surface area contributed by atoms with Gasteiger partial charge in [-0.25, -0.2) is 0 Å². The molecule has 0 unspecified atom stereocenters. The number of methoxy groups -OCH3 is 1. The van der Waals surface area contributed by atoms with Crippen molar-refractivity contribution in [3.05, 3.63) is 59.4 Å². The predicted molar refractivity (Wildman–Crippen MR) is 105 cm³/mol. The summed E-state index contributed by atoms with van der Waals surface area (Å²) in [7, 11) is 2.88. The van der Waals surface area contributed by atoms with E-state index in [0.717, 1.165) is 11.8 Å². The third-order valence-corrected chi connectivity index (χ3v) is 3.46. The van der Waals surface area contributed by atoms with Gasteiger partial charge in [0.05, 0.1) is 24.9 Å². The first kappa shape index (κ1) is 22.0. The van der Waals surface area contributed by atoms with Gasteiger partial charge in [0, 0.05) is 19.8 Å². The van der Waals surface area contributed by atoms with Crippen molar-refractivity contribution in [2.24, 2.45) is 4.99 Å². The number of hydrogen-bond donors (Lipinski definition) is 2. The molecular weight excluding hydrogens is 460 g/mol. The highest BCUT2D eigenvalue weighted by Gasteiger charge is 2.33. The molecule has 2 aromatic rings. The molecule has 1 aromatic heterocycles. The van der Waals surface area contributed by atoms with E-state index in [4.69, 9.17) is 4.74 Å². The Bertz CT molecular complexity index is 724. The molecule has 0 fully saturated rings. The van der Waals surface area contributed by atoms with Gasteiger partial charge in [0.2, 0.25) is 0 Å². The monoisotopic (exact) mass is 480 g/mol. The molecule has 5 nitrogen and oxygen atoms in total. The van der Waals surface area contributed by atoms with Gasteiger partial charge in [0.15, 0.2) is 5.96 Å². The van der Waals surface area contributed by atoms with Gasteiger partial charge in [-0.1, -0.05) is 12.1 Å². The number of nitrogens with zero attached hydrogens (tertiary/aromatic N) is 2. The molecule has 26 heavy (non-hydrogen) atoms. The number of benzene rings is 1. The van der Waals surface area contributed by atoms with Crippen LogP contribution in [0.5, 0.6) is 5.75 Å². The van der Waals surface area contributed by atoms with Gasteiger partial charge in [0.25, 0.3) is 0 Å². The van der Waals surface area contributed by atoms with Crippen molar-refractivity contribution in [2.75, 3.05) is 14.2 Å². The molecule has 9 heteroatoms. The molecule has 1 aromatic carbocycles. The predicted octanol–water partition coefficient (Wildman–Crippen LogP) is 3.59. The lowest BCUT2D eigenvalue weighted by atomic mass is 10.1. The van der Waals surface area contributed by atoms with E-state index >= 15 is 0 Å². The summed E-state index contributed by atoms with van der Waals surface area (Å²) in [6.45, 7) is 0.385. The number of ether oxygens (including phenoxy) is 1. The zero-order valence-corrected chi connectivity index (χ0v) is 16.6. The molecule has 2 N–H and O–H groups in total. The van der Waals surface area contributed by atoms with Crippen LogP contribution >= 0.6 is 24.0 Å². The Morgan fingerprint density at radius 2 is 1.88 bits per heavy atom. The van der Waals surface area contributed by atoms with Crippen molar-refractivity contribution in [2.45, 2.75) is 19.3 Å².